The number of rotatable bonds is 3. The van der Waals surface area contributed by atoms with E-state index in [4.69, 9.17) is 4.74 Å². The van der Waals surface area contributed by atoms with E-state index in [1.54, 1.807) is 18.2 Å². The van der Waals surface area contributed by atoms with Crippen molar-refractivity contribution < 1.29 is 4.74 Å². The maximum absolute atomic E-state index is 5.25. The van der Waals surface area contributed by atoms with Gasteiger partial charge in [0.1, 0.15) is 5.75 Å². The number of hydrogen-bond acceptors (Lipinski definition) is 2. The van der Waals surface area contributed by atoms with Crippen molar-refractivity contribution in [1.82, 2.24) is 4.90 Å². The number of methoxy groups -OCH3 is 1. The van der Waals surface area contributed by atoms with Gasteiger partial charge in [0.15, 0.2) is 0 Å². The summed E-state index contributed by atoms with van der Waals surface area (Å²) in [7, 11) is 1.71. The molecule has 1 aliphatic carbocycles. The molecule has 1 unspecified atom stereocenters. The highest BCUT2D eigenvalue weighted by Crippen LogP contribution is 2.31. The lowest BCUT2D eigenvalue weighted by atomic mass is 9.85. The first-order valence-corrected chi connectivity index (χ1v) is 8.84. The Morgan fingerprint density at radius 1 is 0.913 bits per heavy atom. The summed E-state index contributed by atoms with van der Waals surface area (Å²) in [5.41, 5.74) is 5.71. The van der Waals surface area contributed by atoms with E-state index in [2.05, 4.69) is 35.2 Å². The van der Waals surface area contributed by atoms with Crippen LogP contribution in [0, 0.1) is 0 Å². The van der Waals surface area contributed by atoms with Crippen LogP contribution in [-0.4, -0.2) is 31.1 Å². The maximum atomic E-state index is 5.25. The van der Waals surface area contributed by atoms with Gasteiger partial charge in [-0.25, -0.2) is 0 Å². The lowest BCUT2D eigenvalue weighted by Gasteiger charge is -2.32. The molecule has 120 valence electrons. The zero-order valence-electron chi connectivity index (χ0n) is 13.9. The van der Waals surface area contributed by atoms with E-state index in [0.29, 0.717) is 0 Å². The fourth-order valence-electron chi connectivity index (χ4n) is 4.12. The fraction of sp³-hybridized carbons (Fsp3) is 0.429. The van der Waals surface area contributed by atoms with Crippen molar-refractivity contribution in [2.75, 3.05) is 20.2 Å². The van der Waals surface area contributed by atoms with Crippen LogP contribution in [0.25, 0.3) is 11.1 Å². The summed E-state index contributed by atoms with van der Waals surface area (Å²) >= 11 is 0. The van der Waals surface area contributed by atoms with Crippen molar-refractivity contribution in [3.05, 3.63) is 53.6 Å². The second-order valence-corrected chi connectivity index (χ2v) is 6.85. The molecular formula is C21H25NO. The van der Waals surface area contributed by atoms with Gasteiger partial charge in [-0.15, -0.1) is 0 Å². The van der Waals surface area contributed by atoms with E-state index in [-0.39, 0.29) is 0 Å². The van der Waals surface area contributed by atoms with E-state index in [1.807, 2.05) is 12.1 Å². The molecule has 1 saturated heterocycles. The van der Waals surface area contributed by atoms with Crippen LogP contribution in [0.15, 0.2) is 42.5 Å². The lowest BCUT2D eigenvalue weighted by molar-refractivity contribution is 0.222. The highest BCUT2D eigenvalue weighted by atomic mass is 16.5. The highest BCUT2D eigenvalue weighted by molar-refractivity contribution is 5.66. The molecule has 2 nitrogen and oxygen atoms in total. The number of benzene rings is 2. The van der Waals surface area contributed by atoms with Gasteiger partial charge in [-0.3, -0.25) is 0 Å². The maximum Gasteiger partial charge on any atom is 0.118 e. The van der Waals surface area contributed by atoms with Crippen LogP contribution in [0.4, 0.5) is 0 Å². The molecule has 0 N–H and O–H groups in total. The zero-order valence-corrected chi connectivity index (χ0v) is 13.9. The number of nitrogens with zero attached hydrogens (tertiary/aromatic N) is 1. The van der Waals surface area contributed by atoms with Crippen LogP contribution in [-0.2, 0) is 12.8 Å². The van der Waals surface area contributed by atoms with E-state index in [9.17, 15) is 0 Å². The Morgan fingerprint density at radius 3 is 2.39 bits per heavy atom. The third kappa shape index (κ3) is 3.00. The Bertz CT molecular complexity index is 671. The second-order valence-electron chi connectivity index (χ2n) is 6.85. The average Bonchev–Trinajstić information content (AvgIpc) is 3.15. The summed E-state index contributed by atoms with van der Waals surface area (Å²) in [6.45, 7) is 2.62. The van der Waals surface area contributed by atoms with Crippen LogP contribution < -0.4 is 4.74 Å². The molecule has 0 saturated carbocycles. The molecule has 2 heteroatoms. The highest BCUT2D eigenvalue weighted by Gasteiger charge is 2.26. The molecule has 2 aliphatic rings. The van der Waals surface area contributed by atoms with Crippen molar-refractivity contribution in [2.24, 2.45) is 0 Å². The smallest absolute Gasteiger partial charge is 0.118 e. The molecule has 4 rings (SSSR count). The molecule has 2 aromatic rings. The minimum Gasteiger partial charge on any atom is -0.497 e. The Balaban J connectivity index is 1.54. The Hall–Kier alpha value is -1.80. The van der Waals surface area contributed by atoms with Gasteiger partial charge < -0.3 is 9.64 Å². The Morgan fingerprint density at radius 2 is 1.65 bits per heavy atom. The number of ether oxygens (including phenoxy) is 1. The minimum atomic E-state index is 0.775. The van der Waals surface area contributed by atoms with Crippen LogP contribution >= 0.6 is 0 Å². The van der Waals surface area contributed by atoms with Crippen molar-refractivity contribution in [3.8, 4) is 16.9 Å². The lowest BCUT2D eigenvalue weighted by Crippen LogP contribution is -2.37. The van der Waals surface area contributed by atoms with E-state index >= 15 is 0 Å². The van der Waals surface area contributed by atoms with E-state index < -0.39 is 0 Å². The summed E-state index contributed by atoms with van der Waals surface area (Å²) in [5, 5.41) is 0. The summed E-state index contributed by atoms with van der Waals surface area (Å²) in [6.07, 6.45) is 6.55. The predicted octanol–water partition coefficient (Wildman–Crippen LogP) is 4.32. The third-order valence-corrected chi connectivity index (χ3v) is 5.49. The van der Waals surface area contributed by atoms with Gasteiger partial charge in [-0.05, 0) is 79.6 Å². The van der Waals surface area contributed by atoms with Crippen molar-refractivity contribution >= 4 is 0 Å². The molecule has 1 aliphatic heterocycles. The number of aryl methyl sites for hydroxylation is 1. The topological polar surface area (TPSA) is 12.5 Å². The van der Waals surface area contributed by atoms with Crippen molar-refractivity contribution in [3.63, 3.8) is 0 Å². The zero-order chi connectivity index (χ0) is 15.6. The van der Waals surface area contributed by atoms with Gasteiger partial charge in [0, 0.05) is 6.04 Å². The fourth-order valence-corrected chi connectivity index (χ4v) is 4.12. The Labute approximate surface area is 139 Å². The Kier molecular flexibility index (Phi) is 4.09. The van der Waals surface area contributed by atoms with Crippen molar-refractivity contribution in [2.45, 2.75) is 38.1 Å². The van der Waals surface area contributed by atoms with Crippen LogP contribution in [0.3, 0.4) is 0 Å². The van der Waals surface area contributed by atoms with Crippen molar-refractivity contribution in [1.29, 1.82) is 0 Å². The first-order valence-electron chi connectivity index (χ1n) is 8.84. The number of hydrogen-bond donors (Lipinski definition) is 0. The molecule has 1 fully saturated rings. The van der Waals surface area contributed by atoms with Gasteiger partial charge in [-0.1, -0.05) is 30.3 Å². The van der Waals surface area contributed by atoms with Crippen LogP contribution in [0.1, 0.15) is 30.4 Å². The molecule has 0 bridgehead atoms. The normalized spacial score (nSPS) is 21.2. The van der Waals surface area contributed by atoms with E-state index in [1.165, 1.54) is 56.3 Å². The summed E-state index contributed by atoms with van der Waals surface area (Å²) < 4.78 is 5.25. The third-order valence-electron chi connectivity index (χ3n) is 5.49. The largest absolute Gasteiger partial charge is 0.497 e. The molecule has 2 aromatic carbocycles. The predicted molar refractivity (Wildman–Crippen MR) is 95.1 cm³/mol. The number of likely N-dealkylation sites (tertiary alicyclic amines) is 1. The monoisotopic (exact) mass is 307 g/mol. The van der Waals surface area contributed by atoms with Crippen LogP contribution in [0.2, 0.25) is 0 Å². The van der Waals surface area contributed by atoms with Gasteiger partial charge in [0.25, 0.3) is 0 Å². The summed E-state index contributed by atoms with van der Waals surface area (Å²) in [5.74, 6) is 0.917. The SMILES string of the molecule is COc1ccc(-c2ccc3c(c2)CCC(N2CCCC2)C3)cc1. The van der Waals surface area contributed by atoms with Gasteiger partial charge in [0.2, 0.25) is 0 Å². The molecule has 0 aromatic heterocycles. The summed E-state index contributed by atoms with van der Waals surface area (Å²) in [6, 6.07) is 16.2. The molecule has 0 spiro atoms. The molecule has 23 heavy (non-hydrogen) atoms. The van der Waals surface area contributed by atoms with Crippen LogP contribution in [0.5, 0.6) is 5.75 Å². The van der Waals surface area contributed by atoms with Gasteiger partial charge >= 0.3 is 0 Å². The first kappa shape index (κ1) is 14.8. The average molecular weight is 307 g/mol. The standard InChI is InChI=1S/C21H25NO/c1-23-21-10-7-16(8-11-21)17-4-5-19-15-20(9-6-18(19)14-17)22-12-2-3-13-22/h4-5,7-8,10-11,14,20H,2-3,6,9,12-13,15H2,1H3. The molecular weight excluding hydrogens is 282 g/mol. The molecule has 0 radical (unpaired) electrons. The van der Waals surface area contributed by atoms with Gasteiger partial charge in [-0.2, -0.15) is 0 Å². The molecule has 0 amide bonds. The van der Waals surface area contributed by atoms with Gasteiger partial charge in [0.05, 0.1) is 7.11 Å². The molecule has 1 heterocycles. The molecule has 1 atom stereocenters. The van der Waals surface area contributed by atoms with E-state index in [0.717, 1.165) is 11.8 Å². The second kappa shape index (κ2) is 6.37. The first-order chi connectivity index (χ1) is 11.3. The summed E-state index contributed by atoms with van der Waals surface area (Å²) in [4.78, 5) is 2.71. The number of fused-ring (bicyclic) bond motifs is 1. The minimum absolute atomic E-state index is 0.775. The quantitative estimate of drug-likeness (QED) is 0.837.